The van der Waals surface area contributed by atoms with Gasteiger partial charge in [-0.2, -0.15) is 0 Å². The third kappa shape index (κ3) is 6.26. The van der Waals surface area contributed by atoms with Crippen LogP contribution >= 0.6 is 0 Å². The second-order valence-electron chi connectivity index (χ2n) is 10.5. The van der Waals surface area contributed by atoms with Crippen molar-refractivity contribution in [2.45, 2.75) is 57.2 Å². The first kappa shape index (κ1) is 28.4. The van der Waals surface area contributed by atoms with E-state index >= 15 is 0 Å². The molecule has 1 amide bonds. The molecule has 1 saturated carbocycles. The lowest BCUT2D eigenvalue weighted by Gasteiger charge is -2.36. The van der Waals surface area contributed by atoms with E-state index in [0.717, 1.165) is 30.9 Å². The number of carbonyl (C=O) groups is 1. The number of hydrogen-bond donors (Lipinski definition) is 2. The number of amides is 1. The monoisotopic (exact) mass is 571 g/mol. The van der Waals surface area contributed by atoms with Crippen molar-refractivity contribution in [3.63, 3.8) is 0 Å². The zero-order valence-electron chi connectivity index (χ0n) is 22.5. The summed E-state index contributed by atoms with van der Waals surface area (Å²) >= 11 is 0. The molecule has 214 valence electrons. The van der Waals surface area contributed by atoms with Crippen LogP contribution in [0.25, 0.3) is 11.3 Å². The first-order valence-electron chi connectivity index (χ1n) is 13.8. The Bertz CT molecular complexity index is 1430. The van der Waals surface area contributed by atoms with Crippen molar-refractivity contribution in [2.24, 2.45) is 0 Å². The van der Waals surface area contributed by atoms with Crippen LogP contribution in [0.15, 0.2) is 54.9 Å². The molecule has 2 N–H and O–H groups in total. The van der Waals surface area contributed by atoms with E-state index in [1.54, 1.807) is 18.2 Å². The minimum absolute atomic E-state index is 0.00494. The van der Waals surface area contributed by atoms with E-state index in [4.69, 9.17) is 0 Å². The number of nitrogens with zero attached hydrogens (tertiary/aromatic N) is 3. The van der Waals surface area contributed by atoms with E-state index in [1.165, 1.54) is 12.1 Å². The molecule has 8 nitrogen and oxygen atoms in total. The average Bonchev–Trinajstić information content (AvgIpc) is 3.38. The number of halogens is 2. The quantitative estimate of drug-likeness (QED) is 0.428. The number of rotatable bonds is 8. The lowest BCUT2D eigenvalue weighted by atomic mass is 9.90. The van der Waals surface area contributed by atoms with Gasteiger partial charge >= 0.3 is 0 Å². The van der Waals surface area contributed by atoms with Crippen molar-refractivity contribution in [3.05, 3.63) is 77.8 Å². The predicted molar refractivity (Wildman–Crippen MR) is 149 cm³/mol. The van der Waals surface area contributed by atoms with Gasteiger partial charge in [0.25, 0.3) is 5.91 Å². The zero-order valence-corrected chi connectivity index (χ0v) is 23.3. The van der Waals surface area contributed by atoms with E-state index in [9.17, 15) is 22.0 Å². The molecule has 0 bridgehead atoms. The summed E-state index contributed by atoms with van der Waals surface area (Å²) in [7, 11) is -3.43. The van der Waals surface area contributed by atoms with Crippen molar-refractivity contribution in [3.8, 4) is 11.3 Å². The predicted octanol–water partition coefficient (Wildman–Crippen LogP) is 3.91. The summed E-state index contributed by atoms with van der Waals surface area (Å²) in [6, 6.07) is 12.1. The minimum atomic E-state index is -3.43. The molecule has 1 aliphatic heterocycles. The highest BCUT2D eigenvalue weighted by molar-refractivity contribution is 7.89. The summed E-state index contributed by atoms with van der Waals surface area (Å²) in [6.07, 6.45) is 5.24. The fourth-order valence-corrected chi connectivity index (χ4v) is 6.80. The maximum atomic E-state index is 14.1. The molecule has 1 aliphatic carbocycles. The highest BCUT2D eigenvalue weighted by atomic mass is 32.2. The van der Waals surface area contributed by atoms with Crippen LogP contribution in [0.5, 0.6) is 0 Å². The smallest absolute Gasteiger partial charge is 0.275 e. The fraction of sp³-hybridized carbons (Fsp3) is 0.448. The first-order chi connectivity index (χ1) is 19.3. The van der Waals surface area contributed by atoms with Gasteiger partial charge in [-0.15, -0.1) is 0 Å². The molecule has 1 saturated heterocycles. The van der Waals surface area contributed by atoms with Crippen LogP contribution in [-0.2, 0) is 16.4 Å². The summed E-state index contributed by atoms with van der Waals surface area (Å²) in [5, 5.41) is 3.28. The molecule has 3 aromatic rings. The number of piperazine rings is 1. The summed E-state index contributed by atoms with van der Waals surface area (Å²) in [6.45, 7) is 3.11. The molecule has 2 fully saturated rings. The summed E-state index contributed by atoms with van der Waals surface area (Å²) in [5.74, 6) is -1.57. The zero-order chi connectivity index (χ0) is 28.3. The van der Waals surface area contributed by atoms with Gasteiger partial charge in [0.05, 0.1) is 23.8 Å². The van der Waals surface area contributed by atoms with Crippen molar-refractivity contribution < 1.29 is 22.0 Å². The fourth-order valence-electron chi connectivity index (χ4n) is 5.89. The number of imidazole rings is 1. The first-order valence-corrected chi connectivity index (χ1v) is 15.5. The molecule has 1 unspecified atom stereocenters. The molecule has 2 heterocycles. The van der Waals surface area contributed by atoms with Crippen molar-refractivity contribution in [2.75, 3.05) is 25.4 Å². The molecule has 3 atom stereocenters. The summed E-state index contributed by atoms with van der Waals surface area (Å²) < 4.78 is 57.6. The summed E-state index contributed by atoms with van der Waals surface area (Å²) in [5.41, 5.74) is 2.22. The van der Waals surface area contributed by atoms with Gasteiger partial charge in [0.15, 0.2) is 5.69 Å². The van der Waals surface area contributed by atoms with Gasteiger partial charge in [-0.1, -0.05) is 43.2 Å². The maximum absolute atomic E-state index is 14.1. The van der Waals surface area contributed by atoms with Crippen molar-refractivity contribution >= 4 is 15.9 Å². The molecule has 2 aliphatic rings. The Hall–Kier alpha value is -3.15. The largest absolute Gasteiger partial charge is 0.331 e. The Balaban J connectivity index is 1.51. The SMILES string of the molecule is CCS(=O)(=O)N[C@H]1CCCC[C@@H]1n1cnc(C(=O)N2CCNCC2Cc2cc(F)cc(F)c2)c1-c1ccccc1. The summed E-state index contributed by atoms with van der Waals surface area (Å²) in [4.78, 5) is 20.5. The van der Waals surface area contributed by atoms with Gasteiger partial charge in [0.2, 0.25) is 10.0 Å². The van der Waals surface area contributed by atoms with Crippen LogP contribution in [0.1, 0.15) is 54.7 Å². The maximum Gasteiger partial charge on any atom is 0.275 e. The number of benzene rings is 2. The van der Waals surface area contributed by atoms with Gasteiger partial charge in [0, 0.05) is 43.3 Å². The van der Waals surface area contributed by atoms with Crippen molar-refractivity contribution in [1.29, 1.82) is 0 Å². The van der Waals surface area contributed by atoms with Gasteiger partial charge in [-0.25, -0.2) is 26.9 Å². The highest BCUT2D eigenvalue weighted by Crippen LogP contribution is 2.35. The van der Waals surface area contributed by atoms with Crippen molar-refractivity contribution in [1.82, 2.24) is 24.5 Å². The normalized spacial score (nSPS) is 21.9. The molecular formula is C29H35F2N5O3S. The molecule has 5 rings (SSSR count). The molecule has 40 heavy (non-hydrogen) atoms. The van der Waals surface area contributed by atoms with E-state index in [-0.39, 0.29) is 41.9 Å². The lowest BCUT2D eigenvalue weighted by molar-refractivity contribution is 0.0631. The van der Waals surface area contributed by atoms with Gasteiger partial charge in [-0.3, -0.25) is 4.79 Å². The van der Waals surface area contributed by atoms with Crippen LogP contribution in [-0.4, -0.2) is 66.2 Å². The van der Waals surface area contributed by atoms with Crippen LogP contribution in [0.3, 0.4) is 0 Å². The molecule has 11 heteroatoms. The number of sulfonamides is 1. The van der Waals surface area contributed by atoms with Crippen LogP contribution < -0.4 is 10.0 Å². The van der Waals surface area contributed by atoms with Crippen LogP contribution in [0.2, 0.25) is 0 Å². The molecule has 0 radical (unpaired) electrons. The van der Waals surface area contributed by atoms with E-state index in [0.29, 0.717) is 37.3 Å². The van der Waals surface area contributed by atoms with Gasteiger partial charge in [-0.05, 0) is 43.9 Å². The molecule has 2 aromatic carbocycles. The van der Waals surface area contributed by atoms with Gasteiger partial charge in [0.1, 0.15) is 11.6 Å². The standard InChI is InChI=1S/C29H35F2N5O3S/c1-2-40(38,39)34-25-10-6-7-11-26(25)36-19-33-27(28(36)21-8-4-3-5-9-21)29(37)35-13-12-32-18-24(35)16-20-14-22(30)17-23(31)15-20/h3-5,8-9,14-15,17,19,24-26,32,34H,2,6-7,10-13,16,18H2,1H3/t24?,25-,26-/m0/s1. The highest BCUT2D eigenvalue weighted by Gasteiger charge is 2.35. The third-order valence-electron chi connectivity index (χ3n) is 7.85. The number of carbonyl (C=O) groups excluding carboxylic acids is 1. The Morgan fingerprint density at radius 3 is 2.55 bits per heavy atom. The molecule has 0 spiro atoms. The van der Waals surface area contributed by atoms with Crippen LogP contribution in [0.4, 0.5) is 8.78 Å². The Labute approximate surface area is 233 Å². The number of nitrogens with one attached hydrogen (secondary N) is 2. The Kier molecular flexibility index (Phi) is 8.62. The van der Waals surface area contributed by atoms with Gasteiger partial charge < -0.3 is 14.8 Å². The average molecular weight is 572 g/mol. The minimum Gasteiger partial charge on any atom is -0.331 e. The van der Waals surface area contributed by atoms with E-state index in [2.05, 4.69) is 15.0 Å². The second kappa shape index (κ2) is 12.2. The molecular weight excluding hydrogens is 536 g/mol. The number of aromatic nitrogens is 2. The third-order valence-corrected chi connectivity index (χ3v) is 9.27. The topological polar surface area (TPSA) is 96.3 Å². The Morgan fingerprint density at radius 1 is 1.10 bits per heavy atom. The van der Waals surface area contributed by atoms with Crippen LogP contribution in [0, 0.1) is 11.6 Å². The second-order valence-corrected chi connectivity index (χ2v) is 12.6. The number of hydrogen-bond acceptors (Lipinski definition) is 5. The van der Waals surface area contributed by atoms with E-state index < -0.39 is 21.7 Å². The van der Waals surface area contributed by atoms with E-state index in [1.807, 2.05) is 34.9 Å². The molecule has 1 aromatic heterocycles. The lowest BCUT2D eigenvalue weighted by Crippen LogP contribution is -2.54. The Morgan fingerprint density at radius 2 is 1.82 bits per heavy atom.